The van der Waals surface area contributed by atoms with Gasteiger partial charge in [-0.3, -0.25) is 0 Å². The van der Waals surface area contributed by atoms with Crippen molar-refractivity contribution in [1.29, 1.82) is 0 Å². The molecule has 0 aliphatic carbocycles. The van der Waals surface area contributed by atoms with Gasteiger partial charge in [0.2, 0.25) is 10.0 Å². The van der Waals surface area contributed by atoms with Crippen LogP contribution >= 0.6 is 0 Å². The summed E-state index contributed by atoms with van der Waals surface area (Å²) in [6.45, 7) is 6.41. The Balaban J connectivity index is 3.15. The van der Waals surface area contributed by atoms with Gasteiger partial charge in [0, 0.05) is 20.1 Å². The van der Waals surface area contributed by atoms with Crippen molar-refractivity contribution in [2.45, 2.75) is 18.4 Å². The van der Waals surface area contributed by atoms with Gasteiger partial charge in [0.25, 0.3) is 0 Å². The Bertz CT molecular complexity index is 524. The summed E-state index contributed by atoms with van der Waals surface area (Å²) in [6, 6.07) is 7.03. The van der Waals surface area contributed by atoms with Crippen LogP contribution in [0, 0.1) is 0 Å². The van der Waals surface area contributed by atoms with Crippen molar-refractivity contribution < 1.29 is 8.42 Å². The summed E-state index contributed by atoms with van der Waals surface area (Å²) in [7, 11) is -0.0921. The number of sulfonamides is 1. The quantitative estimate of drug-likeness (QED) is 0.797. The molecule has 1 aromatic rings. The van der Waals surface area contributed by atoms with Gasteiger partial charge < -0.3 is 5.32 Å². The van der Waals surface area contributed by atoms with E-state index in [1.165, 1.54) is 4.31 Å². The Hall–Kier alpha value is -1.17. The minimum absolute atomic E-state index is 0.330. The summed E-state index contributed by atoms with van der Waals surface area (Å²) in [6.07, 6.45) is 0. The Kier molecular flexibility index (Phi) is 5.07. The van der Waals surface area contributed by atoms with Crippen LogP contribution in [-0.4, -0.2) is 33.4 Å². The number of rotatable bonds is 6. The van der Waals surface area contributed by atoms with Gasteiger partial charge in [0.15, 0.2) is 0 Å². The molecule has 1 N–H and O–H groups in total. The third-order valence-corrected chi connectivity index (χ3v) is 4.42. The zero-order chi connectivity index (χ0) is 13.8. The summed E-state index contributed by atoms with van der Waals surface area (Å²) in [4.78, 5) is 0.350. The lowest BCUT2D eigenvalue weighted by molar-refractivity contribution is 0.492. The molecule has 0 fully saturated rings. The molecule has 18 heavy (non-hydrogen) atoms. The molecule has 4 nitrogen and oxygen atoms in total. The van der Waals surface area contributed by atoms with Gasteiger partial charge in [-0.1, -0.05) is 30.4 Å². The van der Waals surface area contributed by atoms with Crippen molar-refractivity contribution in [1.82, 2.24) is 9.62 Å². The van der Waals surface area contributed by atoms with E-state index in [9.17, 15) is 8.42 Å². The average molecular weight is 268 g/mol. The Morgan fingerprint density at radius 3 is 2.56 bits per heavy atom. The van der Waals surface area contributed by atoms with Crippen LogP contribution in [0.25, 0.3) is 0 Å². The number of nitrogens with zero attached hydrogens (tertiary/aromatic N) is 1. The van der Waals surface area contributed by atoms with Crippen LogP contribution in [0.5, 0.6) is 0 Å². The van der Waals surface area contributed by atoms with Gasteiger partial charge in [0.1, 0.15) is 0 Å². The molecule has 0 unspecified atom stereocenters. The van der Waals surface area contributed by atoms with E-state index in [-0.39, 0.29) is 0 Å². The normalized spacial score (nSPS) is 11.8. The van der Waals surface area contributed by atoms with Crippen LogP contribution in [0.15, 0.2) is 41.3 Å². The van der Waals surface area contributed by atoms with Crippen LogP contribution in [0.1, 0.15) is 12.5 Å². The largest absolute Gasteiger partial charge is 0.316 e. The summed E-state index contributed by atoms with van der Waals surface area (Å²) < 4.78 is 26.2. The van der Waals surface area contributed by atoms with E-state index in [0.29, 0.717) is 18.0 Å². The van der Waals surface area contributed by atoms with E-state index in [4.69, 9.17) is 0 Å². The molecule has 100 valence electrons. The summed E-state index contributed by atoms with van der Waals surface area (Å²) in [5, 5.41) is 2.98. The van der Waals surface area contributed by atoms with Crippen molar-refractivity contribution >= 4 is 10.0 Å². The minimum atomic E-state index is -3.45. The molecular weight excluding hydrogens is 248 g/mol. The first-order valence-electron chi connectivity index (χ1n) is 5.73. The summed E-state index contributed by atoms with van der Waals surface area (Å²) >= 11 is 0. The molecule has 0 aliphatic heterocycles. The highest BCUT2D eigenvalue weighted by Crippen LogP contribution is 2.19. The fourth-order valence-corrected chi connectivity index (χ4v) is 3.17. The van der Waals surface area contributed by atoms with Crippen LogP contribution in [0.4, 0.5) is 0 Å². The van der Waals surface area contributed by atoms with Crippen LogP contribution in [0.3, 0.4) is 0 Å². The Morgan fingerprint density at radius 2 is 2.00 bits per heavy atom. The predicted molar refractivity (Wildman–Crippen MR) is 73.8 cm³/mol. The number of nitrogens with one attached hydrogen (secondary N) is 1. The molecule has 0 spiro atoms. The van der Waals surface area contributed by atoms with Gasteiger partial charge in [0.05, 0.1) is 4.90 Å². The second-order valence-corrected chi connectivity index (χ2v) is 6.37. The SMILES string of the molecule is C=C(C)CN(C)S(=O)(=O)c1ccccc1CNC. The van der Waals surface area contributed by atoms with Crippen molar-refractivity contribution in [3.8, 4) is 0 Å². The Morgan fingerprint density at radius 1 is 1.39 bits per heavy atom. The third-order valence-electron chi connectivity index (χ3n) is 2.52. The second-order valence-electron chi connectivity index (χ2n) is 4.36. The van der Waals surface area contributed by atoms with Crippen LogP contribution < -0.4 is 5.32 Å². The molecule has 1 aromatic carbocycles. The molecule has 0 saturated carbocycles. The standard InChI is InChI=1S/C13H20N2O2S/c1-11(2)10-15(4)18(16,17)13-8-6-5-7-12(13)9-14-3/h5-8,14H,1,9-10H2,2-4H3. The number of hydrogen-bond acceptors (Lipinski definition) is 3. The molecule has 0 radical (unpaired) electrons. The van der Waals surface area contributed by atoms with E-state index in [1.807, 2.05) is 19.1 Å². The molecule has 0 saturated heterocycles. The second kappa shape index (κ2) is 6.13. The lowest BCUT2D eigenvalue weighted by atomic mass is 10.2. The van der Waals surface area contributed by atoms with E-state index in [1.54, 1.807) is 26.2 Å². The molecule has 0 heterocycles. The molecule has 0 aliphatic rings. The fraction of sp³-hybridized carbons (Fsp3) is 0.385. The minimum Gasteiger partial charge on any atom is -0.316 e. The molecule has 1 rings (SSSR count). The topological polar surface area (TPSA) is 49.4 Å². The van der Waals surface area contributed by atoms with E-state index < -0.39 is 10.0 Å². The maximum atomic E-state index is 12.4. The summed E-state index contributed by atoms with van der Waals surface area (Å²) in [5.41, 5.74) is 1.58. The van der Waals surface area contributed by atoms with Gasteiger partial charge in [-0.15, -0.1) is 0 Å². The van der Waals surface area contributed by atoms with Crippen LogP contribution in [0.2, 0.25) is 0 Å². The van der Waals surface area contributed by atoms with Gasteiger partial charge in [-0.2, -0.15) is 4.31 Å². The number of likely N-dealkylation sites (N-methyl/N-ethyl adjacent to an activating group) is 1. The average Bonchev–Trinajstić information content (AvgIpc) is 2.29. The number of benzene rings is 1. The third kappa shape index (κ3) is 3.41. The molecule has 5 heteroatoms. The predicted octanol–water partition coefficient (Wildman–Crippen LogP) is 1.60. The first kappa shape index (κ1) is 14.9. The molecule has 0 bridgehead atoms. The monoisotopic (exact) mass is 268 g/mol. The summed E-state index contributed by atoms with van der Waals surface area (Å²) in [5.74, 6) is 0. The highest BCUT2D eigenvalue weighted by Gasteiger charge is 2.23. The van der Waals surface area contributed by atoms with Crippen molar-refractivity contribution in [2.75, 3.05) is 20.6 Å². The molecule has 0 atom stereocenters. The van der Waals surface area contributed by atoms with Gasteiger partial charge >= 0.3 is 0 Å². The molecule has 0 aromatic heterocycles. The molecule has 0 amide bonds. The first-order valence-corrected chi connectivity index (χ1v) is 7.17. The van der Waals surface area contributed by atoms with Crippen LogP contribution in [-0.2, 0) is 16.6 Å². The van der Waals surface area contributed by atoms with E-state index in [2.05, 4.69) is 11.9 Å². The lowest BCUT2D eigenvalue weighted by Crippen LogP contribution is -2.29. The fourth-order valence-electron chi connectivity index (χ4n) is 1.72. The zero-order valence-electron chi connectivity index (χ0n) is 11.1. The zero-order valence-corrected chi connectivity index (χ0v) is 11.9. The smallest absolute Gasteiger partial charge is 0.243 e. The molecular formula is C13H20N2O2S. The van der Waals surface area contributed by atoms with Crippen molar-refractivity contribution in [2.24, 2.45) is 0 Å². The van der Waals surface area contributed by atoms with Crippen molar-refractivity contribution in [3.05, 3.63) is 42.0 Å². The van der Waals surface area contributed by atoms with E-state index >= 15 is 0 Å². The van der Waals surface area contributed by atoms with Gasteiger partial charge in [-0.05, 0) is 25.6 Å². The first-order chi connectivity index (χ1) is 8.39. The number of hydrogen-bond donors (Lipinski definition) is 1. The van der Waals surface area contributed by atoms with Gasteiger partial charge in [-0.25, -0.2) is 8.42 Å². The maximum Gasteiger partial charge on any atom is 0.243 e. The maximum absolute atomic E-state index is 12.4. The Labute approximate surface area is 109 Å². The highest BCUT2D eigenvalue weighted by molar-refractivity contribution is 7.89. The highest BCUT2D eigenvalue weighted by atomic mass is 32.2. The van der Waals surface area contributed by atoms with E-state index in [0.717, 1.165) is 11.1 Å². The lowest BCUT2D eigenvalue weighted by Gasteiger charge is -2.19. The van der Waals surface area contributed by atoms with Crippen molar-refractivity contribution in [3.63, 3.8) is 0 Å².